The van der Waals surface area contributed by atoms with Crippen LogP contribution in [0.15, 0.2) is 95.0 Å². The third kappa shape index (κ3) is 2.06. The van der Waals surface area contributed by atoms with E-state index in [-0.39, 0.29) is 27.9 Å². The van der Waals surface area contributed by atoms with Gasteiger partial charge in [-0.25, -0.2) is 26.8 Å². The van der Waals surface area contributed by atoms with Crippen LogP contribution < -0.4 is 9.80 Å². The molecule has 160 valence electrons. The number of hydrogen-bond donors (Lipinski definition) is 0. The van der Waals surface area contributed by atoms with Crippen molar-refractivity contribution in [1.29, 1.82) is 0 Å². The van der Waals surface area contributed by atoms with Crippen molar-refractivity contribution in [2.75, 3.05) is 9.80 Å². The number of anilines is 4. The number of rotatable bonds is 2. The Balaban J connectivity index is 1.82. The van der Waals surface area contributed by atoms with E-state index >= 15 is 0 Å². The van der Waals surface area contributed by atoms with E-state index in [2.05, 4.69) is 9.97 Å². The zero-order valence-corrected chi connectivity index (χ0v) is 18.2. The highest BCUT2D eigenvalue weighted by Gasteiger charge is 2.76. The van der Waals surface area contributed by atoms with Crippen molar-refractivity contribution in [1.82, 2.24) is 9.97 Å². The van der Waals surface area contributed by atoms with Crippen LogP contribution in [0.4, 0.5) is 23.0 Å². The van der Waals surface area contributed by atoms with Crippen molar-refractivity contribution in [3.05, 3.63) is 95.0 Å². The van der Waals surface area contributed by atoms with Crippen molar-refractivity contribution in [2.24, 2.45) is 0 Å². The summed E-state index contributed by atoms with van der Waals surface area (Å²) >= 11 is 0. The Bertz CT molecular complexity index is 1420. The number of para-hydroxylation sites is 2. The van der Waals surface area contributed by atoms with Crippen LogP contribution in [0, 0.1) is 0 Å². The Labute approximate surface area is 185 Å². The number of sulfone groups is 2. The molecule has 1 fully saturated rings. The van der Waals surface area contributed by atoms with Crippen molar-refractivity contribution < 1.29 is 16.8 Å². The summed E-state index contributed by atoms with van der Waals surface area (Å²) in [6.07, 6.45) is 5.99. The average Bonchev–Trinajstić information content (AvgIpc) is 3.46. The van der Waals surface area contributed by atoms with Crippen molar-refractivity contribution in [3.8, 4) is 0 Å². The maximum absolute atomic E-state index is 14.2. The first kappa shape index (κ1) is 19.2. The minimum atomic E-state index is -4.46. The number of aromatic nitrogens is 2. The SMILES string of the molecule is O=S1(=O)C2=CCC=C2S(=O)(=O)C12N(c1ccccc1)c1nccnc1N2c1ccccc1. The lowest BCUT2D eigenvalue weighted by atomic mass is 10.3. The molecule has 0 amide bonds. The molecule has 0 radical (unpaired) electrons. The summed E-state index contributed by atoms with van der Waals surface area (Å²) in [5, 5.41) is 0. The summed E-state index contributed by atoms with van der Waals surface area (Å²) in [5.74, 6) is 0.298. The van der Waals surface area contributed by atoms with Gasteiger partial charge in [0.1, 0.15) is 0 Å². The predicted octanol–water partition coefficient (Wildman–Crippen LogP) is 3.39. The predicted molar refractivity (Wildman–Crippen MR) is 121 cm³/mol. The highest BCUT2D eigenvalue weighted by atomic mass is 32.3. The van der Waals surface area contributed by atoms with E-state index in [1.807, 2.05) is 0 Å². The van der Waals surface area contributed by atoms with Gasteiger partial charge in [0, 0.05) is 23.8 Å². The second kappa shape index (κ2) is 6.27. The Morgan fingerprint density at radius 2 is 1.06 bits per heavy atom. The maximum atomic E-state index is 14.2. The summed E-state index contributed by atoms with van der Waals surface area (Å²) in [5.41, 5.74) is 0.752. The van der Waals surface area contributed by atoms with Gasteiger partial charge in [-0.2, -0.15) is 0 Å². The zero-order valence-electron chi connectivity index (χ0n) is 16.5. The molecule has 3 aliphatic rings. The molecule has 3 aromatic rings. The van der Waals surface area contributed by atoms with Gasteiger partial charge >= 0.3 is 4.33 Å². The molecule has 2 aliphatic heterocycles. The zero-order chi connectivity index (χ0) is 22.1. The summed E-state index contributed by atoms with van der Waals surface area (Å²) in [7, 11) is -8.91. The Hall–Kier alpha value is -3.50. The molecule has 2 aromatic carbocycles. The quantitative estimate of drug-likeness (QED) is 0.569. The van der Waals surface area contributed by atoms with Crippen LogP contribution in [-0.2, 0) is 19.7 Å². The van der Waals surface area contributed by atoms with E-state index in [1.54, 1.807) is 60.7 Å². The molecule has 0 bridgehead atoms. The molecule has 6 rings (SSSR count). The van der Waals surface area contributed by atoms with Crippen LogP contribution in [0.1, 0.15) is 6.42 Å². The smallest absolute Gasteiger partial charge is 0.272 e. The molecule has 8 nitrogen and oxygen atoms in total. The number of benzene rings is 2. The largest absolute Gasteiger partial charge is 0.341 e. The second-order valence-electron chi connectivity index (χ2n) is 7.47. The van der Waals surface area contributed by atoms with E-state index in [4.69, 9.17) is 0 Å². The maximum Gasteiger partial charge on any atom is 0.341 e. The minimum Gasteiger partial charge on any atom is -0.272 e. The molecule has 3 heterocycles. The first-order valence-electron chi connectivity index (χ1n) is 9.84. The highest BCUT2D eigenvalue weighted by Crippen LogP contribution is 2.62. The minimum absolute atomic E-state index is 0.149. The van der Waals surface area contributed by atoms with Gasteiger partial charge in [-0.1, -0.05) is 48.6 Å². The molecular formula is C22H16N4O4S2. The van der Waals surface area contributed by atoms with Gasteiger partial charge in [-0.15, -0.1) is 0 Å². The van der Waals surface area contributed by atoms with Crippen LogP contribution in [0.2, 0.25) is 0 Å². The first-order chi connectivity index (χ1) is 15.4. The van der Waals surface area contributed by atoms with E-state index < -0.39 is 24.0 Å². The second-order valence-corrected chi connectivity index (χ2v) is 11.8. The van der Waals surface area contributed by atoms with Crippen LogP contribution in [0.5, 0.6) is 0 Å². The Morgan fingerprint density at radius 3 is 1.47 bits per heavy atom. The Morgan fingerprint density at radius 1 is 0.656 bits per heavy atom. The third-order valence-electron chi connectivity index (χ3n) is 5.81. The van der Waals surface area contributed by atoms with Gasteiger partial charge in [0.05, 0.1) is 9.81 Å². The van der Waals surface area contributed by atoms with Crippen LogP contribution in [0.25, 0.3) is 0 Å². The lowest BCUT2D eigenvalue weighted by Crippen LogP contribution is -2.61. The van der Waals surface area contributed by atoms with E-state index in [0.717, 1.165) is 0 Å². The topological polar surface area (TPSA) is 101 Å². The third-order valence-corrected chi connectivity index (χ3v) is 11.3. The summed E-state index contributed by atoms with van der Waals surface area (Å²) < 4.78 is 54.4. The van der Waals surface area contributed by atoms with Gasteiger partial charge in [0.2, 0.25) is 19.7 Å². The molecule has 1 aliphatic carbocycles. The standard InChI is InChI=1S/C22H16N4O4S2/c27-31(28)18-12-7-13-19(18)32(29,30)22(31)25(16-8-3-1-4-9-16)20-21(24-15-14-23-20)26(22)17-10-5-2-6-11-17/h1-6,8-15H,7H2. The number of hydrogen-bond acceptors (Lipinski definition) is 8. The monoisotopic (exact) mass is 464 g/mol. The van der Waals surface area contributed by atoms with Crippen molar-refractivity contribution >= 4 is 42.7 Å². The van der Waals surface area contributed by atoms with E-state index in [0.29, 0.717) is 11.4 Å². The normalized spacial score (nSPS) is 21.2. The van der Waals surface area contributed by atoms with E-state index in [1.165, 1.54) is 34.3 Å². The van der Waals surface area contributed by atoms with Crippen LogP contribution >= 0.6 is 0 Å². The van der Waals surface area contributed by atoms with Gasteiger partial charge in [0.15, 0.2) is 11.6 Å². The molecule has 10 heteroatoms. The molecule has 1 saturated heterocycles. The highest BCUT2D eigenvalue weighted by molar-refractivity contribution is 8.18. The molecule has 0 saturated carbocycles. The summed E-state index contributed by atoms with van der Waals surface area (Å²) in [6.45, 7) is 0. The van der Waals surface area contributed by atoms with Gasteiger partial charge in [-0.3, -0.25) is 9.80 Å². The number of allylic oxidation sites excluding steroid dienone is 2. The van der Waals surface area contributed by atoms with Crippen molar-refractivity contribution in [3.63, 3.8) is 0 Å². The lowest BCUT2D eigenvalue weighted by Gasteiger charge is -2.39. The fraction of sp³-hybridized carbons (Fsp3) is 0.0909. The molecule has 0 unspecified atom stereocenters. The number of fused-ring (bicyclic) bond motifs is 2. The fourth-order valence-corrected chi connectivity index (χ4v) is 10.6. The summed E-state index contributed by atoms with van der Waals surface area (Å²) in [6, 6.07) is 17.1. The molecule has 0 N–H and O–H groups in total. The van der Waals surface area contributed by atoms with Gasteiger partial charge in [0.25, 0.3) is 0 Å². The fourth-order valence-electron chi connectivity index (χ4n) is 4.60. The molecular weight excluding hydrogens is 448 g/mol. The molecule has 1 aromatic heterocycles. The van der Waals surface area contributed by atoms with Crippen LogP contribution in [-0.4, -0.2) is 31.1 Å². The van der Waals surface area contributed by atoms with Crippen LogP contribution in [0.3, 0.4) is 0 Å². The molecule has 0 atom stereocenters. The number of nitrogens with zero attached hydrogens (tertiary/aromatic N) is 4. The molecule has 1 spiro atoms. The summed E-state index contributed by atoms with van der Waals surface area (Å²) in [4.78, 5) is 11.0. The van der Waals surface area contributed by atoms with Crippen molar-refractivity contribution in [2.45, 2.75) is 10.7 Å². The average molecular weight is 465 g/mol. The van der Waals surface area contributed by atoms with Gasteiger partial charge in [-0.05, 0) is 30.7 Å². The lowest BCUT2D eigenvalue weighted by molar-refractivity contribution is 0.558. The van der Waals surface area contributed by atoms with E-state index in [9.17, 15) is 16.8 Å². The first-order valence-corrected chi connectivity index (χ1v) is 12.8. The van der Waals surface area contributed by atoms with Gasteiger partial charge < -0.3 is 0 Å². The Kier molecular flexibility index (Phi) is 3.76. The molecule has 32 heavy (non-hydrogen) atoms.